The van der Waals surface area contributed by atoms with Crippen LogP contribution in [-0.2, 0) is 11.3 Å². The number of likely N-dealkylation sites (tertiary alicyclic amines) is 1. The number of hydrogen-bond donors (Lipinski definition) is 1. The molecule has 0 atom stereocenters. The number of anilines is 1. The summed E-state index contributed by atoms with van der Waals surface area (Å²) in [5, 5.41) is 2.54. The highest BCUT2D eigenvalue weighted by Gasteiger charge is 2.25. The molecule has 0 radical (unpaired) electrons. The van der Waals surface area contributed by atoms with Gasteiger partial charge in [0.15, 0.2) is 0 Å². The van der Waals surface area contributed by atoms with Crippen molar-refractivity contribution in [1.29, 1.82) is 0 Å². The van der Waals surface area contributed by atoms with Crippen LogP contribution in [0.25, 0.3) is 0 Å². The summed E-state index contributed by atoms with van der Waals surface area (Å²) in [6.07, 6.45) is 1.33. The van der Waals surface area contributed by atoms with E-state index in [1.807, 2.05) is 0 Å². The standard InChI is InChI=1S/C19H19F3N2O/c20-15-3-1-13(2-4-15)12-24-9-7-14(8-10-24)19(25)23-18-6-5-16(21)11-17(18)22/h1-6,11,14H,7-10,12H2,(H,23,25). The van der Waals surface area contributed by atoms with E-state index in [9.17, 15) is 18.0 Å². The van der Waals surface area contributed by atoms with Crippen molar-refractivity contribution in [3.63, 3.8) is 0 Å². The van der Waals surface area contributed by atoms with Crippen LogP contribution >= 0.6 is 0 Å². The van der Waals surface area contributed by atoms with Gasteiger partial charge in [-0.1, -0.05) is 12.1 Å². The van der Waals surface area contributed by atoms with Gasteiger partial charge in [0.25, 0.3) is 0 Å². The fourth-order valence-corrected chi connectivity index (χ4v) is 3.03. The number of nitrogens with one attached hydrogen (secondary N) is 1. The van der Waals surface area contributed by atoms with Gasteiger partial charge in [-0.25, -0.2) is 13.2 Å². The van der Waals surface area contributed by atoms with E-state index in [1.165, 1.54) is 18.2 Å². The highest BCUT2D eigenvalue weighted by atomic mass is 19.1. The number of carbonyl (C=O) groups is 1. The molecule has 0 bridgehead atoms. The van der Waals surface area contributed by atoms with Gasteiger partial charge in [-0.05, 0) is 55.8 Å². The minimum atomic E-state index is -0.776. The van der Waals surface area contributed by atoms with E-state index in [0.717, 1.165) is 30.8 Å². The molecule has 3 nitrogen and oxygen atoms in total. The fraction of sp³-hybridized carbons (Fsp3) is 0.316. The van der Waals surface area contributed by atoms with Crippen molar-refractivity contribution in [2.75, 3.05) is 18.4 Å². The fourth-order valence-electron chi connectivity index (χ4n) is 3.03. The van der Waals surface area contributed by atoms with Gasteiger partial charge in [0.05, 0.1) is 5.69 Å². The first-order chi connectivity index (χ1) is 12.0. The van der Waals surface area contributed by atoms with Gasteiger partial charge in [-0.3, -0.25) is 9.69 Å². The average Bonchev–Trinajstić information content (AvgIpc) is 2.60. The molecular formula is C19H19F3N2O. The van der Waals surface area contributed by atoms with E-state index < -0.39 is 11.6 Å². The number of carbonyl (C=O) groups excluding carboxylic acids is 1. The molecule has 0 aromatic heterocycles. The molecule has 1 heterocycles. The van der Waals surface area contributed by atoms with Crippen molar-refractivity contribution in [2.45, 2.75) is 19.4 Å². The number of piperidine rings is 1. The Balaban J connectivity index is 1.51. The molecule has 0 unspecified atom stereocenters. The smallest absolute Gasteiger partial charge is 0.227 e. The van der Waals surface area contributed by atoms with Crippen LogP contribution in [-0.4, -0.2) is 23.9 Å². The lowest BCUT2D eigenvalue weighted by molar-refractivity contribution is -0.121. The highest BCUT2D eigenvalue weighted by Crippen LogP contribution is 2.22. The van der Waals surface area contributed by atoms with Crippen molar-refractivity contribution >= 4 is 11.6 Å². The van der Waals surface area contributed by atoms with Gasteiger partial charge in [0, 0.05) is 18.5 Å². The van der Waals surface area contributed by atoms with Crippen LogP contribution in [0.4, 0.5) is 18.9 Å². The maximum atomic E-state index is 13.6. The van der Waals surface area contributed by atoms with Crippen LogP contribution in [0.1, 0.15) is 18.4 Å². The van der Waals surface area contributed by atoms with E-state index in [2.05, 4.69) is 10.2 Å². The molecular weight excluding hydrogens is 329 g/mol. The molecule has 0 spiro atoms. The Hall–Kier alpha value is -2.34. The molecule has 1 N–H and O–H groups in total. The molecule has 6 heteroatoms. The maximum absolute atomic E-state index is 13.6. The molecule has 2 aromatic rings. The third-order valence-electron chi connectivity index (χ3n) is 4.47. The second kappa shape index (κ2) is 7.70. The Morgan fingerprint density at radius 1 is 1.00 bits per heavy atom. The van der Waals surface area contributed by atoms with Crippen molar-refractivity contribution in [2.24, 2.45) is 5.92 Å². The first-order valence-corrected chi connectivity index (χ1v) is 8.24. The zero-order valence-electron chi connectivity index (χ0n) is 13.6. The molecule has 1 aliphatic rings. The summed E-state index contributed by atoms with van der Waals surface area (Å²) < 4.78 is 39.5. The molecule has 2 aromatic carbocycles. The number of nitrogens with zero attached hydrogens (tertiary/aromatic N) is 1. The number of halogens is 3. The summed E-state index contributed by atoms with van der Waals surface area (Å²) >= 11 is 0. The van der Waals surface area contributed by atoms with E-state index in [0.29, 0.717) is 19.4 Å². The summed E-state index contributed by atoms with van der Waals surface area (Å²) in [5.74, 6) is -2.15. The van der Waals surface area contributed by atoms with Gasteiger partial charge >= 0.3 is 0 Å². The topological polar surface area (TPSA) is 32.3 Å². The Bertz CT molecular complexity index is 741. The second-order valence-corrected chi connectivity index (χ2v) is 6.29. The zero-order valence-corrected chi connectivity index (χ0v) is 13.6. The van der Waals surface area contributed by atoms with Crippen LogP contribution in [0.5, 0.6) is 0 Å². The van der Waals surface area contributed by atoms with Gasteiger partial charge in [0.1, 0.15) is 17.5 Å². The lowest BCUT2D eigenvalue weighted by Crippen LogP contribution is -2.37. The number of hydrogen-bond acceptors (Lipinski definition) is 2. The minimum Gasteiger partial charge on any atom is -0.323 e. The Morgan fingerprint density at radius 2 is 1.64 bits per heavy atom. The third-order valence-corrected chi connectivity index (χ3v) is 4.47. The van der Waals surface area contributed by atoms with Gasteiger partial charge in [-0.15, -0.1) is 0 Å². The van der Waals surface area contributed by atoms with Crippen LogP contribution in [0.15, 0.2) is 42.5 Å². The summed E-state index contributed by atoms with van der Waals surface area (Å²) in [4.78, 5) is 14.5. The predicted molar refractivity (Wildman–Crippen MR) is 89.4 cm³/mol. The van der Waals surface area contributed by atoms with Gasteiger partial charge < -0.3 is 5.32 Å². The lowest BCUT2D eigenvalue weighted by atomic mass is 9.95. The number of rotatable bonds is 4. The minimum absolute atomic E-state index is 0.000131. The zero-order chi connectivity index (χ0) is 17.8. The quantitative estimate of drug-likeness (QED) is 0.907. The molecule has 1 aliphatic heterocycles. The molecule has 3 rings (SSSR count). The molecule has 132 valence electrons. The Kier molecular flexibility index (Phi) is 5.38. The summed E-state index contributed by atoms with van der Waals surface area (Å²) in [6.45, 7) is 2.18. The van der Waals surface area contributed by atoms with Crippen molar-refractivity contribution in [3.05, 3.63) is 65.5 Å². The molecule has 1 amide bonds. The Morgan fingerprint density at radius 3 is 2.28 bits per heavy atom. The van der Waals surface area contributed by atoms with Crippen molar-refractivity contribution < 1.29 is 18.0 Å². The highest BCUT2D eigenvalue weighted by molar-refractivity contribution is 5.92. The Labute approximate surface area is 144 Å². The largest absolute Gasteiger partial charge is 0.323 e. The summed E-state index contributed by atoms with van der Waals surface area (Å²) in [6, 6.07) is 9.48. The monoisotopic (exact) mass is 348 g/mol. The first kappa shape index (κ1) is 17.5. The van der Waals surface area contributed by atoms with E-state index in [1.54, 1.807) is 12.1 Å². The van der Waals surface area contributed by atoms with Crippen LogP contribution in [0.3, 0.4) is 0 Å². The number of amides is 1. The maximum Gasteiger partial charge on any atom is 0.227 e. The first-order valence-electron chi connectivity index (χ1n) is 8.24. The average molecular weight is 348 g/mol. The van der Waals surface area contributed by atoms with E-state index >= 15 is 0 Å². The molecule has 25 heavy (non-hydrogen) atoms. The van der Waals surface area contributed by atoms with Crippen LogP contribution < -0.4 is 5.32 Å². The van der Waals surface area contributed by atoms with E-state index in [4.69, 9.17) is 0 Å². The lowest BCUT2D eigenvalue weighted by Gasteiger charge is -2.31. The van der Waals surface area contributed by atoms with Crippen LogP contribution in [0, 0.1) is 23.4 Å². The third kappa shape index (κ3) is 4.60. The van der Waals surface area contributed by atoms with Crippen molar-refractivity contribution in [3.8, 4) is 0 Å². The van der Waals surface area contributed by atoms with Gasteiger partial charge in [0.2, 0.25) is 5.91 Å². The normalized spacial score (nSPS) is 16.0. The molecule has 0 saturated carbocycles. The second-order valence-electron chi connectivity index (χ2n) is 6.29. The summed E-state index contributed by atoms with van der Waals surface area (Å²) in [7, 11) is 0. The number of benzene rings is 2. The van der Waals surface area contributed by atoms with Crippen molar-refractivity contribution in [1.82, 2.24) is 4.90 Å². The predicted octanol–water partition coefficient (Wildman–Crippen LogP) is 3.95. The van der Waals surface area contributed by atoms with Crippen LogP contribution in [0.2, 0.25) is 0 Å². The molecule has 1 fully saturated rings. The van der Waals surface area contributed by atoms with Gasteiger partial charge in [-0.2, -0.15) is 0 Å². The molecule has 0 aliphatic carbocycles. The summed E-state index contributed by atoms with van der Waals surface area (Å²) in [5.41, 5.74) is 1.03. The van der Waals surface area contributed by atoms with E-state index in [-0.39, 0.29) is 23.3 Å². The SMILES string of the molecule is O=C(Nc1ccc(F)cc1F)C1CCN(Cc2ccc(F)cc2)CC1. The molecule has 1 saturated heterocycles.